The lowest BCUT2D eigenvalue weighted by Gasteiger charge is -1.94. The fourth-order valence-corrected chi connectivity index (χ4v) is 0.996. The highest BCUT2D eigenvalue weighted by Gasteiger charge is 1.99. The summed E-state index contributed by atoms with van der Waals surface area (Å²) in [7, 11) is 0. The van der Waals surface area contributed by atoms with Crippen molar-refractivity contribution in [2.45, 2.75) is 0 Å². The van der Waals surface area contributed by atoms with Crippen molar-refractivity contribution < 1.29 is 9.90 Å². The Morgan fingerprint density at radius 2 is 2.00 bits per heavy atom. The molecule has 0 fully saturated rings. The Morgan fingerprint density at radius 1 is 1.38 bits per heavy atom. The minimum Gasteiger partial charge on any atom is -0.392 e. The van der Waals surface area contributed by atoms with E-state index >= 15 is 0 Å². The normalized spacial score (nSPS) is 10.6. The third-order valence-corrected chi connectivity index (χ3v) is 1.76. The second kappa shape index (κ2) is 4.80. The van der Waals surface area contributed by atoms with Crippen molar-refractivity contribution in [2.24, 2.45) is 0 Å². The Labute approximate surface area is 81.5 Å². The van der Waals surface area contributed by atoms with Crippen LogP contribution in [0.25, 0.3) is 0 Å². The van der Waals surface area contributed by atoms with Crippen LogP contribution in [0.3, 0.4) is 0 Å². The van der Waals surface area contributed by atoms with E-state index in [4.69, 9.17) is 16.7 Å². The SMILES string of the molecule is O=C(/C=C/CO)c1ccc(Cl)cc1. The van der Waals surface area contributed by atoms with Gasteiger partial charge in [-0.15, -0.1) is 0 Å². The minimum absolute atomic E-state index is 0.126. The molecule has 3 heteroatoms. The molecule has 0 heterocycles. The Balaban J connectivity index is 2.78. The van der Waals surface area contributed by atoms with E-state index in [9.17, 15) is 4.79 Å². The second-order valence-electron chi connectivity index (χ2n) is 2.46. The monoisotopic (exact) mass is 196 g/mol. The lowest BCUT2D eigenvalue weighted by Crippen LogP contribution is -1.93. The number of hydrogen-bond donors (Lipinski definition) is 1. The summed E-state index contributed by atoms with van der Waals surface area (Å²) in [6, 6.07) is 6.60. The van der Waals surface area contributed by atoms with Crippen LogP contribution in [-0.2, 0) is 0 Å². The van der Waals surface area contributed by atoms with E-state index in [0.29, 0.717) is 10.6 Å². The van der Waals surface area contributed by atoms with E-state index in [1.54, 1.807) is 24.3 Å². The smallest absolute Gasteiger partial charge is 0.185 e. The van der Waals surface area contributed by atoms with Gasteiger partial charge in [-0.1, -0.05) is 17.7 Å². The fraction of sp³-hybridized carbons (Fsp3) is 0.100. The molecule has 1 aromatic rings. The van der Waals surface area contributed by atoms with E-state index in [2.05, 4.69) is 0 Å². The van der Waals surface area contributed by atoms with Crippen molar-refractivity contribution in [1.29, 1.82) is 0 Å². The molecule has 0 aromatic heterocycles. The zero-order chi connectivity index (χ0) is 9.68. The molecule has 0 saturated heterocycles. The van der Waals surface area contributed by atoms with Gasteiger partial charge in [-0.2, -0.15) is 0 Å². The number of halogens is 1. The highest BCUT2D eigenvalue weighted by atomic mass is 35.5. The molecule has 2 nitrogen and oxygen atoms in total. The summed E-state index contributed by atoms with van der Waals surface area (Å²) in [4.78, 5) is 11.3. The number of rotatable bonds is 3. The van der Waals surface area contributed by atoms with E-state index in [-0.39, 0.29) is 12.4 Å². The van der Waals surface area contributed by atoms with Crippen LogP contribution < -0.4 is 0 Å². The Hall–Kier alpha value is -1.12. The largest absolute Gasteiger partial charge is 0.392 e. The van der Waals surface area contributed by atoms with Crippen LogP contribution in [0.1, 0.15) is 10.4 Å². The van der Waals surface area contributed by atoms with Gasteiger partial charge < -0.3 is 5.11 Å². The number of aliphatic hydroxyl groups excluding tert-OH is 1. The predicted octanol–water partition coefficient (Wildman–Crippen LogP) is 2.07. The molecule has 1 aromatic carbocycles. The third kappa shape index (κ3) is 3.01. The summed E-state index contributed by atoms with van der Waals surface area (Å²) in [5.41, 5.74) is 0.564. The molecule has 0 aliphatic rings. The zero-order valence-corrected chi connectivity index (χ0v) is 7.66. The van der Waals surface area contributed by atoms with Gasteiger partial charge in [-0.3, -0.25) is 4.79 Å². The van der Waals surface area contributed by atoms with Gasteiger partial charge in [0.15, 0.2) is 5.78 Å². The number of aliphatic hydroxyl groups is 1. The average molecular weight is 197 g/mol. The second-order valence-corrected chi connectivity index (χ2v) is 2.89. The van der Waals surface area contributed by atoms with Crippen LogP contribution in [0.2, 0.25) is 5.02 Å². The molecule has 0 atom stereocenters. The molecule has 0 saturated carbocycles. The van der Waals surface area contributed by atoms with Crippen LogP contribution in [-0.4, -0.2) is 17.5 Å². The van der Waals surface area contributed by atoms with Crippen molar-refractivity contribution in [2.75, 3.05) is 6.61 Å². The summed E-state index contributed by atoms with van der Waals surface area (Å²) in [6.07, 6.45) is 2.74. The van der Waals surface area contributed by atoms with Gasteiger partial charge in [0.25, 0.3) is 0 Å². The maximum atomic E-state index is 11.3. The highest BCUT2D eigenvalue weighted by molar-refractivity contribution is 6.30. The molecular formula is C10H9ClO2. The van der Waals surface area contributed by atoms with Crippen LogP contribution in [0.15, 0.2) is 36.4 Å². The molecule has 1 rings (SSSR count). The van der Waals surface area contributed by atoms with Crippen molar-refractivity contribution in [3.63, 3.8) is 0 Å². The van der Waals surface area contributed by atoms with Crippen LogP contribution in [0.5, 0.6) is 0 Å². The topological polar surface area (TPSA) is 37.3 Å². The van der Waals surface area contributed by atoms with Gasteiger partial charge >= 0.3 is 0 Å². The van der Waals surface area contributed by atoms with Gasteiger partial charge in [0.2, 0.25) is 0 Å². The standard InChI is InChI=1S/C10H9ClO2/c11-9-5-3-8(4-6-9)10(13)2-1-7-12/h1-6,12H,7H2/b2-1+. The molecule has 0 aliphatic carbocycles. The molecule has 1 N–H and O–H groups in total. The van der Waals surface area contributed by atoms with E-state index < -0.39 is 0 Å². The number of hydrogen-bond acceptors (Lipinski definition) is 2. The van der Waals surface area contributed by atoms with Gasteiger partial charge in [0.05, 0.1) is 6.61 Å². The quantitative estimate of drug-likeness (QED) is 0.594. The zero-order valence-electron chi connectivity index (χ0n) is 6.90. The lowest BCUT2D eigenvalue weighted by molar-refractivity contribution is 0.104. The Morgan fingerprint density at radius 3 is 2.54 bits per heavy atom. The maximum absolute atomic E-state index is 11.3. The predicted molar refractivity (Wildman–Crippen MR) is 52.0 cm³/mol. The summed E-state index contributed by atoms with van der Waals surface area (Å²) < 4.78 is 0. The number of carbonyl (C=O) groups is 1. The molecule has 0 unspecified atom stereocenters. The number of ketones is 1. The van der Waals surface area contributed by atoms with Crippen LogP contribution in [0, 0.1) is 0 Å². The van der Waals surface area contributed by atoms with Gasteiger partial charge in [0.1, 0.15) is 0 Å². The van der Waals surface area contributed by atoms with E-state index in [1.165, 1.54) is 12.2 Å². The van der Waals surface area contributed by atoms with Gasteiger partial charge in [0, 0.05) is 10.6 Å². The van der Waals surface area contributed by atoms with E-state index in [1.807, 2.05) is 0 Å². The van der Waals surface area contributed by atoms with Crippen molar-refractivity contribution in [1.82, 2.24) is 0 Å². The van der Waals surface area contributed by atoms with Gasteiger partial charge in [-0.25, -0.2) is 0 Å². The molecule has 0 bridgehead atoms. The van der Waals surface area contributed by atoms with Crippen molar-refractivity contribution in [3.8, 4) is 0 Å². The summed E-state index contributed by atoms with van der Waals surface area (Å²) in [5, 5.41) is 9.05. The fourth-order valence-electron chi connectivity index (χ4n) is 0.870. The van der Waals surface area contributed by atoms with Crippen LogP contribution >= 0.6 is 11.6 Å². The maximum Gasteiger partial charge on any atom is 0.185 e. The molecule has 13 heavy (non-hydrogen) atoms. The first-order valence-electron chi connectivity index (χ1n) is 3.81. The Bertz CT molecular complexity index is 314. The third-order valence-electron chi connectivity index (χ3n) is 1.50. The first kappa shape index (κ1) is 9.96. The molecule has 0 spiro atoms. The van der Waals surface area contributed by atoms with E-state index in [0.717, 1.165) is 0 Å². The number of carbonyl (C=O) groups excluding carboxylic acids is 1. The first-order valence-corrected chi connectivity index (χ1v) is 4.19. The van der Waals surface area contributed by atoms with Crippen LogP contribution in [0.4, 0.5) is 0 Å². The first-order chi connectivity index (χ1) is 6.24. The summed E-state index contributed by atoms with van der Waals surface area (Å²) >= 11 is 5.65. The molecule has 68 valence electrons. The Kier molecular flexibility index (Phi) is 3.68. The molecular weight excluding hydrogens is 188 g/mol. The van der Waals surface area contributed by atoms with Crippen molar-refractivity contribution >= 4 is 17.4 Å². The lowest BCUT2D eigenvalue weighted by atomic mass is 10.1. The highest BCUT2D eigenvalue weighted by Crippen LogP contribution is 2.10. The van der Waals surface area contributed by atoms with Crippen molar-refractivity contribution in [3.05, 3.63) is 47.0 Å². The molecule has 0 amide bonds. The number of benzene rings is 1. The molecule has 0 aliphatic heterocycles. The average Bonchev–Trinajstić information content (AvgIpc) is 2.15. The van der Waals surface area contributed by atoms with Gasteiger partial charge in [-0.05, 0) is 30.3 Å². The number of allylic oxidation sites excluding steroid dienone is 1. The summed E-state index contributed by atoms with van der Waals surface area (Å²) in [6.45, 7) is -0.126. The molecule has 0 radical (unpaired) electrons. The minimum atomic E-state index is -0.134. The summed E-state index contributed by atoms with van der Waals surface area (Å²) in [5.74, 6) is -0.134.